The van der Waals surface area contributed by atoms with E-state index in [2.05, 4.69) is 4.98 Å². The number of thioether (sulfide) groups is 1. The first-order valence-electron chi connectivity index (χ1n) is 7.82. The molecule has 8 heteroatoms. The van der Waals surface area contributed by atoms with Crippen LogP contribution in [-0.4, -0.2) is 32.3 Å². The number of hydrogen-bond acceptors (Lipinski definition) is 8. The lowest BCUT2D eigenvalue weighted by atomic mass is 10.1. The molecule has 0 atom stereocenters. The number of aliphatic carboxylic acids is 1. The van der Waals surface area contributed by atoms with Crippen LogP contribution in [0.15, 0.2) is 45.6 Å². The van der Waals surface area contributed by atoms with Gasteiger partial charge in [-0.15, -0.1) is 11.3 Å². The highest BCUT2D eigenvalue weighted by Gasteiger charge is 2.14. The summed E-state index contributed by atoms with van der Waals surface area (Å²) in [5.74, 6) is 0.0237. The fourth-order valence-electron chi connectivity index (χ4n) is 2.45. The quantitative estimate of drug-likeness (QED) is 0.443. The SMILES string of the molecule is COc1cc(/C=C(/Sc2nc3ccccc3s2)C(=O)[O-])cc(OC)c1OC. The lowest BCUT2D eigenvalue weighted by Crippen LogP contribution is -2.22. The fourth-order valence-corrected chi connectivity index (χ4v) is 4.47. The van der Waals surface area contributed by atoms with Gasteiger partial charge in [-0.1, -0.05) is 23.9 Å². The van der Waals surface area contributed by atoms with Crippen LogP contribution in [-0.2, 0) is 4.79 Å². The Labute approximate surface area is 164 Å². The largest absolute Gasteiger partial charge is 0.544 e. The molecule has 0 N–H and O–H groups in total. The van der Waals surface area contributed by atoms with E-state index in [0.717, 1.165) is 22.0 Å². The Morgan fingerprint density at radius 3 is 2.33 bits per heavy atom. The number of fused-ring (bicyclic) bond motifs is 1. The zero-order valence-corrected chi connectivity index (χ0v) is 16.5. The summed E-state index contributed by atoms with van der Waals surface area (Å²) in [6.07, 6.45) is 1.50. The summed E-state index contributed by atoms with van der Waals surface area (Å²) in [7, 11) is 4.51. The van der Waals surface area contributed by atoms with E-state index in [4.69, 9.17) is 14.2 Å². The summed E-state index contributed by atoms with van der Waals surface area (Å²) in [5.41, 5.74) is 1.41. The number of carboxylic acid groups (broad SMARTS) is 1. The van der Waals surface area contributed by atoms with E-state index in [1.165, 1.54) is 38.7 Å². The normalized spacial score (nSPS) is 11.4. The van der Waals surface area contributed by atoms with Gasteiger partial charge in [0.2, 0.25) is 5.75 Å². The molecule has 0 radical (unpaired) electrons. The lowest BCUT2D eigenvalue weighted by molar-refractivity contribution is -0.297. The monoisotopic (exact) mass is 402 g/mol. The van der Waals surface area contributed by atoms with Gasteiger partial charge in [0.1, 0.15) is 0 Å². The molecule has 0 aliphatic heterocycles. The first-order valence-corrected chi connectivity index (χ1v) is 9.45. The van der Waals surface area contributed by atoms with Gasteiger partial charge in [-0.3, -0.25) is 0 Å². The van der Waals surface area contributed by atoms with E-state index < -0.39 is 5.97 Å². The molecule has 0 aliphatic carbocycles. The molecule has 0 saturated carbocycles. The summed E-state index contributed by atoms with van der Waals surface area (Å²) in [6.45, 7) is 0. The lowest BCUT2D eigenvalue weighted by Gasteiger charge is -2.13. The van der Waals surface area contributed by atoms with Crippen molar-refractivity contribution in [3.63, 3.8) is 0 Å². The highest BCUT2D eigenvalue weighted by molar-refractivity contribution is 8.05. The average Bonchev–Trinajstić information content (AvgIpc) is 3.08. The number of thiazole rings is 1. The summed E-state index contributed by atoms with van der Waals surface area (Å²) in [4.78, 5) is 16.1. The van der Waals surface area contributed by atoms with Gasteiger partial charge in [0, 0.05) is 4.91 Å². The summed E-state index contributed by atoms with van der Waals surface area (Å²) in [5, 5.41) is 11.6. The number of carbonyl (C=O) groups excluding carboxylic acids is 1. The van der Waals surface area contributed by atoms with Gasteiger partial charge in [0.15, 0.2) is 15.8 Å². The molecule has 1 heterocycles. The first kappa shape index (κ1) is 19.1. The minimum atomic E-state index is -1.28. The molecule has 0 saturated heterocycles. The third kappa shape index (κ3) is 4.17. The van der Waals surface area contributed by atoms with Crippen molar-refractivity contribution in [1.29, 1.82) is 0 Å². The van der Waals surface area contributed by atoms with E-state index in [0.29, 0.717) is 27.2 Å². The molecule has 27 heavy (non-hydrogen) atoms. The van der Waals surface area contributed by atoms with Gasteiger partial charge in [-0.05, 0) is 35.9 Å². The molecule has 140 valence electrons. The molecule has 0 unspecified atom stereocenters. The number of methoxy groups -OCH3 is 3. The second-order valence-electron chi connectivity index (χ2n) is 5.30. The van der Waals surface area contributed by atoms with Crippen LogP contribution < -0.4 is 19.3 Å². The zero-order chi connectivity index (χ0) is 19.4. The Balaban J connectivity index is 1.99. The topological polar surface area (TPSA) is 80.7 Å². The Morgan fingerprint density at radius 1 is 1.11 bits per heavy atom. The molecule has 0 fully saturated rings. The van der Waals surface area contributed by atoms with E-state index >= 15 is 0 Å². The van der Waals surface area contributed by atoms with Crippen LogP contribution in [0, 0.1) is 0 Å². The van der Waals surface area contributed by atoms with Crippen LogP contribution in [0.4, 0.5) is 0 Å². The average molecular weight is 402 g/mol. The molecule has 3 aromatic rings. The molecule has 0 spiro atoms. The number of hydrogen-bond donors (Lipinski definition) is 0. The predicted molar refractivity (Wildman–Crippen MR) is 105 cm³/mol. The van der Waals surface area contributed by atoms with Gasteiger partial charge in [-0.2, -0.15) is 0 Å². The number of nitrogens with zero attached hydrogens (tertiary/aromatic N) is 1. The Kier molecular flexibility index (Phi) is 5.88. The van der Waals surface area contributed by atoms with Crippen LogP contribution in [0.2, 0.25) is 0 Å². The summed E-state index contributed by atoms with van der Waals surface area (Å²) >= 11 is 2.47. The van der Waals surface area contributed by atoms with Crippen LogP contribution >= 0.6 is 23.1 Å². The van der Waals surface area contributed by atoms with Crippen molar-refractivity contribution in [2.45, 2.75) is 4.34 Å². The molecule has 0 amide bonds. The van der Waals surface area contributed by atoms with Crippen LogP contribution in [0.25, 0.3) is 16.3 Å². The van der Waals surface area contributed by atoms with Crippen molar-refractivity contribution in [3.05, 3.63) is 46.9 Å². The number of benzene rings is 2. The van der Waals surface area contributed by atoms with Gasteiger partial charge in [-0.25, -0.2) is 4.98 Å². The molecule has 3 rings (SSSR count). The van der Waals surface area contributed by atoms with Crippen molar-refractivity contribution < 1.29 is 24.1 Å². The molecular formula is C19H16NO5S2-. The zero-order valence-electron chi connectivity index (χ0n) is 14.8. The number of ether oxygens (including phenoxy) is 3. The van der Waals surface area contributed by atoms with Crippen molar-refractivity contribution in [3.8, 4) is 17.2 Å². The van der Waals surface area contributed by atoms with Gasteiger partial charge in [0.25, 0.3) is 0 Å². The second-order valence-corrected chi connectivity index (χ2v) is 7.62. The van der Waals surface area contributed by atoms with Crippen molar-refractivity contribution in [2.24, 2.45) is 0 Å². The summed E-state index contributed by atoms with van der Waals surface area (Å²) in [6, 6.07) is 11.0. The van der Waals surface area contributed by atoms with E-state index in [-0.39, 0.29) is 4.91 Å². The standard InChI is InChI=1S/C19H17NO5S2/c1-23-13-8-11(9-14(24-2)17(13)25-3)10-16(18(21)22)27-19-20-12-6-4-5-7-15(12)26-19/h4-10H,1-3H3,(H,21,22)/p-1/b16-10+. The van der Waals surface area contributed by atoms with Crippen molar-refractivity contribution in [2.75, 3.05) is 21.3 Å². The van der Waals surface area contributed by atoms with Gasteiger partial charge in [0.05, 0.1) is 37.5 Å². The number of carboxylic acids is 1. The Morgan fingerprint density at radius 2 is 1.78 bits per heavy atom. The van der Waals surface area contributed by atoms with Crippen molar-refractivity contribution >= 4 is 45.4 Å². The highest BCUT2D eigenvalue weighted by atomic mass is 32.2. The third-order valence-electron chi connectivity index (χ3n) is 3.66. The maximum atomic E-state index is 11.6. The predicted octanol–water partition coefficient (Wildman–Crippen LogP) is 3.21. The van der Waals surface area contributed by atoms with E-state index in [9.17, 15) is 9.90 Å². The van der Waals surface area contributed by atoms with E-state index in [1.54, 1.807) is 12.1 Å². The first-order chi connectivity index (χ1) is 13.0. The number of para-hydroxylation sites is 1. The maximum Gasteiger partial charge on any atom is 0.203 e. The minimum Gasteiger partial charge on any atom is -0.544 e. The van der Waals surface area contributed by atoms with Gasteiger partial charge < -0.3 is 24.1 Å². The molecular weight excluding hydrogens is 386 g/mol. The minimum absolute atomic E-state index is 0.0309. The third-order valence-corrected chi connectivity index (χ3v) is 5.76. The molecule has 0 aliphatic rings. The fraction of sp³-hybridized carbons (Fsp3) is 0.158. The second kappa shape index (κ2) is 8.32. The van der Waals surface area contributed by atoms with Gasteiger partial charge >= 0.3 is 0 Å². The summed E-state index contributed by atoms with van der Waals surface area (Å²) < 4.78 is 17.5. The van der Waals surface area contributed by atoms with Crippen LogP contribution in [0.5, 0.6) is 17.2 Å². The molecule has 1 aromatic heterocycles. The molecule has 2 aromatic carbocycles. The smallest absolute Gasteiger partial charge is 0.203 e. The maximum absolute atomic E-state index is 11.6. The van der Waals surface area contributed by atoms with E-state index in [1.807, 2.05) is 24.3 Å². The number of rotatable bonds is 7. The highest BCUT2D eigenvalue weighted by Crippen LogP contribution is 2.40. The van der Waals surface area contributed by atoms with Crippen molar-refractivity contribution in [1.82, 2.24) is 4.98 Å². The molecule has 6 nitrogen and oxygen atoms in total. The van der Waals surface area contributed by atoms with Crippen LogP contribution in [0.1, 0.15) is 5.56 Å². The Hall–Kier alpha value is -2.71. The van der Waals surface area contributed by atoms with Crippen LogP contribution in [0.3, 0.4) is 0 Å². The number of aromatic nitrogens is 1. The number of carbonyl (C=O) groups is 1. The molecule has 0 bridgehead atoms. The Bertz CT molecular complexity index is 954.